The summed E-state index contributed by atoms with van der Waals surface area (Å²) in [6.45, 7) is 4.81. The summed E-state index contributed by atoms with van der Waals surface area (Å²) in [4.78, 5) is 31.0. The van der Waals surface area contributed by atoms with Crippen molar-refractivity contribution in [3.05, 3.63) is 0 Å². The molecule has 7 nitrogen and oxygen atoms in total. The van der Waals surface area contributed by atoms with Crippen molar-refractivity contribution in [2.24, 2.45) is 11.8 Å². The molecule has 2 aliphatic carbocycles. The van der Waals surface area contributed by atoms with Crippen LogP contribution in [0.3, 0.4) is 0 Å². The van der Waals surface area contributed by atoms with Gasteiger partial charge in [-0.05, 0) is 24.7 Å². The lowest BCUT2D eigenvalue weighted by Crippen LogP contribution is -2.51. The highest BCUT2D eigenvalue weighted by molar-refractivity contribution is 5.84. The van der Waals surface area contributed by atoms with Crippen LogP contribution in [0.1, 0.15) is 77.0 Å². The fourth-order valence-corrected chi connectivity index (χ4v) is 6.05. The number of carbonyl (C=O) groups is 2. The van der Waals surface area contributed by atoms with Crippen molar-refractivity contribution in [3.8, 4) is 0 Å². The number of ether oxygens (including phenoxy) is 3. The lowest BCUT2D eigenvalue weighted by atomic mass is 9.84. The Morgan fingerprint density at radius 2 is 1.00 bits per heavy atom. The van der Waals surface area contributed by atoms with Gasteiger partial charge in [-0.15, -0.1) is 0 Å². The summed E-state index contributed by atoms with van der Waals surface area (Å²) in [5, 5.41) is 0. The van der Waals surface area contributed by atoms with Gasteiger partial charge >= 0.3 is 0 Å². The Hall–Kier alpha value is -1.18. The Labute approximate surface area is 199 Å². The van der Waals surface area contributed by atoms with Crippen LogP contribution < -0.4 is 0 Å². The van der Waals surface area contributed by atoms with Gasteiger partial charge in [0.05, 0.1) is 26.4 Å². The fraction of sp³-hybridized carbons (Fsp3) is 0.923. The number of morpholine rings is 2. The molecular weight excluding hydrogens is 420 g/mol. The molecular formula is C26H44N2O5. The van der Waals surface area contributed by atoms with Crippen LogP contribution in [0.2, 0.25) is 0 Å². The molecule has 2 heterocycles. The van der Waals surface area contributed by atoms with E-state index >= 15 is 0 Å². The van der Waals surface area contributed by atoms with E-state index in [1.807, 2.05) is 9.80 Å². The zero-order valence-corrected chi connectivity index (χ0v) is 20.4. The molecule has 2 saturated carbocycles. The van der Waals surface area contributed by atoms with Gasteiger partial charge in [-0.2, -0.15) is 0 Å². The van der Waals surface area contributed by atoms with E-state index in [1.165, 1.54) is 64.2 Å². The quantitative estimate of drug-likeness (QED) is 0.551. The Kier molecular flexibility index (Phi) is 9.86. The highest BCUT2D eigenvalue weighted by Gasteiger charge is 2.36. The van der Waals surface area contributed by atoms with Crippen LogP contribution in [0, 0.1) is 11.8 Å². The predicted octanol–water partition coefficient (Wildman–Crippen LogP) is 3.40. The van der Waals surface area contributed by atoms with E-state index in [0.29, 0.717) is 64.4 Å². The average Bonchev–Trinajstić information content (AvgIpc) is 2.89. The smallest absolute Gasteiger partial charge is 0.251 e. The molecule has 0 aromatic heterocycles. The third-order valence-corrected chi connectivity index (χ3v) is 8.07. The van der Waals surface area contributed by atoms with Crippen molar-refractivity contribution in [2.75, 3.05) is 52.6 Å². The minimum absolute atomic E-state index is 0.0623. The minimum atomic E-state index is -0.523. The lowest BCUT2D eigenvalue weighted by molar-refractivity contribution is -0.165. The second-order valence-electron chi connectivity index (χ2n) is 10.5. The molecule has 0 spiro atoms. The number of carbonyl (C=O) groups excluding carboxylic acids is 2. The third-order valence-electron chi connectivity index (χ3n) is 8.07. The molecule has 4 aliphatic rings. The summed E-state index contributed by atoms with van der Waals surface area (Å²) < 4.78 is 17.6. The maximum Gasteiger partial charge on any atom is 0.251 e. The Morgan fingerprint density at radius 3 is 1.36 bits per heavy atom. The van der Waals surface area contributed by atoms with E-state index in [1.54, 1.807) is 0 Å². The van der Waals surface area contributed by atoms with Crippen molar-refractivity contribution in [1.82, 2.24) is 9.80 Å². The SMILES string of the molecule is O=C([C@H](CC1CCCCC1)O[C@@H](CC1CCCCC1)C(=O)N1CCOCC1)N1CCOCC1. The molecule has 0 aromatic rings. The van der Waals surface area contributed by atoms with Gasteiger partial charge in [0.2, 0.25) is 0 Å². The van der Waals surface area contributed by atoms with Gasteiger partial charge < -0.3 is 24.0 Å². The van der Waals surface area contributed by atoms with Gasteiger partial charge in [0, 0.05) is 26.2 Å². The van der Waals surface area contributed by atoms with E-state index < -0.39 is 12.2 Å². The molecule has 33 heavy (non-hydrogen) atoms. The van der Waals surface area contributed by atoms with Crippen LogP contribution in [-0.4, -0.2) is 86.4 Å². The normalized spacial score (nSPS) is 25.6. The third kappa shape index (κ3) is 7.40. The van der Waals surface area contributed by atoms with Gasteiger partial charge in [0.15, 0.2) is 0 Å². The molecule has 188 valence electrons. The maximum absolute atomic E-state index is 13.6. The van der Waals surface area contributed by atoms with Crippen molar-refractivity contribution < 1.29 is 23.8 Å². The molecule has 2 aliphatic heterocycles. The van der Waals surface area contributed by atoms with Gasteiger partial charge in [-0.3, -0.25) is 9.59 Å². The van der Waals surface area contributed by atoms with Crippen molar-refractivity contribution >= 4 is 11.8 Å². The van der Waals surface area contributed by atoms with E-state index in [-0.39, 0.29) is 11.8 Å². The van der Waals surface area contributed by atoms with Gasteiger partial charge in [0.1, 0.15) is 12.2 Å². The molecule has 0 radical (unpaired) electrons. The zero-order valence-electron chi connectivity index (χ0n) is 20.4. The summed E-state index contributed by atoms with van der Waals surface area (Å²) in [6.07, 6.45) is 12.6. The number of amides is 2. The highest BCUT2D eigenvalue weighted by Crippen LogP contribution is 2.32. The molecule has 7 heteroatoms. The summed E-state index contributed by atoms with van der Waals surface area (Å²) in [6, 6.07) is 0. The van der Waals surface area contributed by atoms with Crippen LogP contribution in [0.25, 0.3) is 0 Å². The first kappa shape index (κ1) is 24.9. The molecule has 0 unspecified atom stereocenters. The first-order valence-electron chi connectivity index (χ1n) is 13.6. The molecule has 4 rings (SSSR count). The number of hydrogen-bond donors (Lipinski definition) is 0. The lowest BCUT2D eigenvalue weighted by Gasteiger charge is -2.37. The number of rotatable bonds is 8. The van der Waals surface area contributed by atoms with Crippen molar-refractivity contribution in [3.63, 3.8) is 0 Å². The summed E-state index contributed by atoms with van der Waals surface area (Å²) in [7, 11) is 0. The van der Waals surface area contributed by atoms with Gasteiger partial charge in [-0.25, -0.2) is 0 Å². The van der Waals surface area contributed by atoms with E-state index in [4.69, 9.17) is 14.2 Å². The number of hydrogen-bond acceptors (Lipinski definition) is 5. The largest absolute Gasteiger partial charge is 0.378 e. The standard InChI is InChI=1S/C26H44N2O5/c29-25(27-11-15-31-16-12-27)23(19-21-7-3-1-4-8-21)33-24(20-22-9-5-2-6-10-22)26(30)28-13-17-32-18-14-28/h21-24H,1-20H2/t23-,24-/m0/s1. The zero-order chi connectivity index (χ0) is 22.9. The molecule has 0 aromatic carbocycles. The second-order valence-corrected chi connectivity index (χ2v) is 10.5. The monoisotopic (exact) mass is 464 g/mol. The summed E-state index contributed by atoms with van der Waals surface area (Å²) in [5.41, 5.74) is 0. The molecule has 0 N–H and O–H groups in total. The summed E-state index contributed by atoms with van der Waals surface area (Å²) >= 11 is 0. The van der Waals surface area contributed by atoms with E-state index in [2.05, 4.69) is 0 Å². The topological polar surface area (TPSA) is 68.3 Å². The van der Waals surface area contributed by atoms with Crippen molar-refractivity contribution in [2.45, 2.75) is 89.3 Å². The first-order chi connectivity index (χ1) is 16.2. The Balaban J connectivity index is 1.48. The molecule has 2 saturated heterocycles. The van der Waals surface area contributed by atoms with E-state index in [9.17, 15) is 9.59 Å². The maximum atomic E-state index is 13.6. The number of nitrogens with zero attached hydrogens (tertiary/aromatic N) is 2. The fourth-order valence-electron chi connectivity index (χ4n) is 6.05. The molecule has 4 fully saturated rings. The Bertz CT molecular complexity index is 554. The predicted molar refractivity (Wildman–Crippen MR) is 126 cm³/mol. The molecule has 2 amide bonds. The highest BCUT2D eigenvalue weighted by atomic mass is 16.5. The van der Waals surface area contributed by atoms with Crippen molar-refractivity contribution in [1.29, 1.82) is 0 Å². The van der Waals surface area contributed by atoms with Gasteiger partial charge in [-0.1, -0.05) is 64.2 Å². The van der Waals surface area contributed by atoms with Gasteiger partial charge in [0.25, 0.3) is 11.8 Å². The van der Waals surface area contributed by atoms with Crippen LogP contribution in [0.15, 0.2) is 0 Å². The molecule has 2 atom stereocenters. The second kappa shape index (κ2) is 13.1. The molecule has 0 bridgehead atoms. The van der Waals surface area contributed by atoms with Crippen LogP contribution in [0.4, 0.5) is 0 Å². The van der Waals surface area contributed by atoms with Crippen LogP contribution >= 0.6 is 0 Å². The van der Waals surface area contributed by atoms with E-state index in [0.717, 1.165) is 12.8 Å². The Morgan fingerprint density at radius 1 is 0.636 bits per heavy atom. The summed E-state index contributed by atoms with van der Waals surface area (Å²) in [5.74, 6) is 1.16. The first-order valence-corrected chi connectivity index (χ1v) is 13.6. The van der Waals surface area contributed by atoms with Crippen LogP contribution in [-0.2, 0) is 23.8 Å². The minimum Gasteiger partial charge on any atom is -0.378 e. The average molecular weight is 465 g/mol. The van der Waals surface area contributed by atoms with Crippen LogP contribution in [0.5, 0.6) is 0 Å².